The fourth-order valence-corrected chi connectivity index (χ4v) is 2.22. The molecule has 96 valence electrons. The van der Waals surface area contributed by atoms with Crippen LogP contribution in [0.2, 0.25) is 0 Å². The van der Waals surface area contributed by atoms with Crippen LogP contribution >= 0.6 is 15.9 Å². The van der Waals surface area contributed by atoms with Gasteiger partial charge in [-0.1, -0.05) is 22.0 Å². The van der Waals surface area contributed by atoms with Crippen molar-refractivity contribution in [2.75, 3.05) is 26.7 Å². The van der Waals surface area contributed by atoms with Gasteiger partial charge in [-0.3, -0.25) is 0 Å². The molecule has 0 aliphatic carbocycles. The van der Waals surface area contributed by atoms with Crippen LogP contribution in [0.5, 0.6) is 0 Å². The quantitative estimate of drug-likeness (QED) is 0.721. The van der Waals surface area contributed by atoms with Crippen LogP contribution in [0.4, 0.5) is 0 Å². The third-order valence-corrected chi connectivity index (χ3v) is 3.41. The zero-order valence-corrected chi connectivity index (χ0v) is 12.4. The average Bonchev–Trinajstić information content (AvgIpc) is 2.32. The third-order valence-electron chi connectivity index (χ3n) is 2.91. The first-order valence-corrected chi connectivity index (χ1v) is 7.13. The zero-order chi connectivity index (χ0) is 12.5. The summed E-state index contributed by atoms with van der Waals surface area (Å²) >= 11 is 3.52. The molecule has 3 heteroatoms. The van der Waals surface area contributed by atoms with Crippen LogP contribution in [0.25, 0.3) is 0 Å². The van der Waals surface area contributed by atoms with Gasteiger partial charge in [0.1, 0.15) is 0 Å². The topological polar surface area (TPSA) is 24.1 Å². The Labute approximate surface area is 113 Å². The molecular formula is C14H23BrN2. The number of halogens is 1. The van der Waals surface area contributed by atoms with E-state index in [4.69, 9.17) is 0 Å². The highest BCUT2D eigenvalue weighted by molar-refractivity contribution is 9.10. The van der Waals surface area contributed by atoms with Crippen LogP contribution in [0.1, 0.15) is 24.0 Å². The predicted molar refractivity (Wildman–Crippen MR) is 78.6 cm³/mol. The minimum atomic E-state index is 1.07. The normalized spacial score (nSPS) is 10.8. The predicted octanol–water partition coefficient (Wildman–Crippen LogP) is 2.89. The Morgan fingerprint density at radius 3 is 2.65 bits per heavy atom. The first-order chi connectivity index (χ1) is 8.24. The molecule has 0 aliphatic rings. The lowest BCUT2D eigenvalue weighted by atomic mass is 10.1. The van der Waals surface area contributed by atoms with E-state index in [0.717, 1.165) is 26.1 Å². The number of aryl methyl sites for hydroxylation is 1. The fraction of sp³-hybridized carbons (Fsp3) is 0.571. The van der Waals surface area contributed by atoms with Crippen molar-refractivity contribution < 1.29 is 0 Å². The van der Waals surface area contributed by atoms with E-state index in [1.807, 2.05) is 7.05 Å². The van der Waals surface area contributed by atoms with Crippen LogP contribution in [-0.2, 0) is 6.42 Å². The second-order valence-corrected chi connectivity index (χ2v) is 5.30. The highest BCUT2D eigenvalue weighted by atomic mass is 79.9. The molecule has 1 aromatic rings. The number of hydrogen-bond acceptors (Lipinski definition) is 2. The molecule has 0 amide bonds. The van der Waals surface area contributed by atoms with E-state index in [1.165, 1.54) is 28.4 Å². The summed E-state index contributed by atoms with van der Waals surface area (Å²) in [6.07, 6.45) is 3.61. The van der Waals surface area contributed by atoms with Gasteiger partial charge in [0.25, 0.3) is 0 Å². The molecule has 17 heavy (non-hydrogen) atoms. The second-order valence-electron chi connectivity index (χ2n) is 4.38. The highest BCUT2D eigenvalue weighted by Gasteiger charge is 1.98. The van der Waals surface area contributed by atoms with Crippen molar-refractivity contribution in [1.29, 1.82) is 0 Å². The maximum atomic E-state index is 3.52. The molecule has 2 nitrogen and oxygen atoms in total. The Morgan fingerprint density at radius 2 is 1.88 bits per heavy atom. The van der Waals surface area contributed by atoms with Gasteiger partial charge >= 0.3 is 0 Å². The van der Waals surface area contributed by atoms with Crippen molar-refractivity contribution in [2.24, 2.45) is 0 Å². The number of nitrogens with one attached hydrogen (secondary N) is 2. The molecule has 0 fully saturated rings. The molecule has 1 rings (SSSR count). The SMILES string of the molecule is CNCCCCNCCc1cc(Br)ccc1C. The van der Waals surface area contributed by atoms with E-state index in [9.17, 15) is 0 Å². The van der Waals surface area contributed by atoms with Crippen LogP contribution in [0.15, 0.2) is 22.7 Å². The highest BCUT2D eigenvalue weighted by Crippen LogP contribution is 2.16. The number of rotatable bonds is 8. The van der Waals surface area contributed by atoms with Gasteiger partial charge in [-0.25, -0.2) is 0 Å². The van der Waals surface area contributed by atoms with E-state index in [0.29, 0.717) is 0 Å². The number of unbranched alkanes of at least 4 members (excludes halogenated alkanes) is 1. The van der Waals surface area contributed by atoms with Crippen molar-refractivity contribution in [3.63, 3.8) is 0 Å². The summed E-state index contributed by atoms with van der Waals surface area (Å²) in [7, 11) is 2.00. The van der Waals surface area contributed by atoms with Crippen molar-refractivity contribution in [3.05, 3.63) is 33.8 Å². The number of hydrogen-bond donors (Lipinski definition) is 2. The van der Waals surface area contributed by atoms with Crippen molar-refractivity contribution >= 4 is 15.9 Å². The molecule has 2 N–H and O–H groups in total. The standard InChI is InChI=1S/C14H23BrN2/c1-12-5-6-14(15)11-13(12)7-10-17-9-4-3-8-16-2/h5-6,11,16-17H,3-4,7-10H2,1-2H3. The van der Waals surface area contributed by atoms with Crippen LogP contribution < -0.4 is 10.6 Å². The lowest BCUT2D eigenvalue weighted by molar-refractivity contribution is 0.605. The van der Waals surface area contributed by atoms with Gasteiger partial charge in [0.15, 0.2) is 0 Å². The summed E-state index contributed by atoms with van der Waals surface area (Å²) in [6.45, 7) is 5.48. The molecule has 0 radical (unpaired) electrons. The van der Waals surface area contributed by atoms with Gasteiger partial charge in [-0.2, -0.15) is 0 Å². The van der Waals surface area contributed by atoms with E-state index in [1.54, 1.807) is 0 Å². The van der Waals surface area contributed by atoms with Crippen molar-refractivity contribution in [1.82, 2.24) is 10.6 Å². The number of benzene rings is 1. The monoisotopic (exact) mass is 298 g/mol. The molecule has 1 aromatic carbocycles. The summed E-state index contributed by atoms with van der Waals surface area (Å²) in [6, 6.07) is 6.49. The minimum Gasteiger partial charge on any atom is -0.320 e. The first-order valence-electron chi connectivity index (χ1n) is 6.34. The van der Waals surface area contributed by atoms with Gasteiger partial charge in [0.05, 0.1) is 0 Å². The molecule has 0 atom stereocenters. The maximum absolute atomic E-state index is 3.52. The van der Waals surface area contributed by atoms with Crippen molar-refractivity contribution in [3.8, 4) is 0 Å². The maximum Gasteiger partial charge on any atom is 0.0178 e. The van der Waals surface area contributed by atoms with Gasteiger partial charge in [0.2, 0.25) is 0 Å². The van der Waals surface area contributed by atoms with E-state index in [2.05, 4.69) is 51.7 Å². The lowest BCUT2D eigenvalue weighted by Crippen LogP contribution is -2.20. The van der Waals surface area contributed by atoms with Crippen LogP contribution in [0, 0.1) is 6.92 Å². The smallest absolute Gasteiger partial charge is 0.0178 e. The Bertz CT molecular complexity index is 326. The summed E-state index contributed by atoms with van der Waals surface area (Å²) in [4.78, 5) is 0. The summed E-state index contributed by atoms with van der Waals surface area (Å²) < 4.78 is 1.17. The average molecular weight is 299 g/mol. The largest absolute Gasteiger partial charge is 0.320 e. The third kappa shape index (κ3) is 6.20. The zero-order valence-electron chi connectivity index (χ0n) is 10.9. The lowest BCUT2D eigenvalue weighted by Gasteiger charge is -2.08. The van der Waals surface area contributed by atoms with Crippen molar-refractivity contribution in [2.45, 2.75) is 26.2 Å². The van der Waals surface area contributed by atoms with Crippen LogP contribution in [0.3, 0.4) is 0 Å². The van der Waals surface area contributed by atoms with Crippen LogP contribution in [-0.4, -0.2) is 26.7 Å². The minimum absolute atomic E-state index is 1.07. The molecule has 0 aromatic heterocycles. The molecule has 0 unspecified atom stereocenters. The van der Waals surface area contributed by atoms with Gasteiger partial charge in [0, 0.05) is 4.47 Å². The van der Waals surface area contributed by atoms with E-state index < -0.39 is 0 Å². The molecule has 0 heterocycles. The molecule has 0 aliphatic heterocycles. The first kappa shape index (κ1) is 14.7. The molecular weight excluding hydrogens is 276 g/mol. The molecule has 0 saturated carbocycles. The summed E-state index contributed by atoms with van der Waals surface area (Å²) in [5.41, 5.74) is 2.81. The fourth-order valence-electron chi connectivity index (χ4n) is 1.81. The molecule has 0 saturated heterocycles. The van der Waals surface area contributed by atoms with E-state index in [-0.39, 0.29) is 0 Å². The Balaban J connectivity index is 2.15. The van der Waals surface area contributed by atoms with Gasteiger partial charge in [-0.15, -0.1) is 0 Å². The Hall–Kier alpha value is -0.380. The summed E-state index contributed by atoms with van der Waals surface area (Å²) in [5.74, 6) is 0. The molecule has 0 spiro atoms. The Kier molecular flexibility index (Phi) is 7.49. The van der Waals surface area contributed by atoms with Gasteiger partial charge < -0.3 is 10.6 Å². The second kappa shape index (κ2) is 8.67. The Morgan fingerprint density at radius 1 is 1.12 bits per heavy atom. The van der Waals surface area contributed by atoms with Gasteiger partial charge in [-0.05, 0) is 76.1 Å². The molecule has 0 bridgehead atoms. The summed E-state index contributed by atoms with van der Waals surface area (Å²) in [5, 5.41) is 6.66. The van der Waals surface area contributed by atoms with E-state index >= 15 is 0 Å².